The molecule has 0 radical (unpaired) electrons. The zero-order valence-electron chi connectivity index (χ0n) is 7.42. The first-order valence-corrected chi connectivity index (χ1v) is 3.89. The van der Waals surface area contributed by atoms with Gasteiger partial charge in [-0.2, -0.15) is 0 Å². The molecule has 0 spiro atoms. The van der Waals surface area contributed by atoms with Crippen LogP contribution in [0.4, 0.5) is 0 Å². The van der Waals surface area contributed by atoms with E-state index < -0.39 is 0 Å². The van der Waals surface area contributed by atoms with Crippen LogP contribution in [0.1, 0.15) is 28.4 Å². The Balaban J connectivity index is 3.30. The van der Waals surface area contributed by atoms with Gasteiger partial charge in [-0.3, -0.25) is 4.79 Å². The van der Waals surface area contributed by atoms with E-state index in [1.54, 1.807) is 13.0 Å². The fourth-order valence-electron chi connectivity index (χ4n) is 1.15. The molecule has 0 aliphatic rings. The van der Waals surface area contributed by atoms with Crippen molar-refractivity contribution >= 4 is 11.9 Å². The van der Waals surface area contributed by atoms with Gasteiger partial charge >= 0.3 is 0 Å². The summed E-state index contributed by atoms with van der Waals surface area (Å²) in [6, 6.07) is 5.78. The fourth-order valence-corrected chi connectivity index (χ4v) is 1.15. The Morgan fingerprint density at radius 3 is 2.67 bits per heavy atom. The Labute approximate surface area is 72.7 Å². The summed E-state index contributed by atoms with van der Waals surface area (Å²) in [5.74, 6) is 0.0913. The molecule has 0 saturated carbocycles. The van der Waals surface area contributed by atoms with Crippen LogP contribution in [-0.4, -0.2) is 5.78 Å². The molecule has 1 aromatic rings. The molecule has 0 aliphatic heterocycles. The maximum Gasteiger partial charge on any atom is 0.160 e. The molecule has 0 aliphatic carbocycles. The average molecular weight is 160 g/mol. The van der Waals surface area contributed by atoms with Crippen LogP contribution in [0.15, 0.2) is 24.8 Å². The molecule has 0 N–H and O–H groups in total. The lowest BCUT2D eigenvalue weighted by Crippen LogP contribution is -1.96. The molecule has 0 amide bonds. The average Bonchev–Trinajstić information content (AvgIpc) is 2.04. The van der Waals surface area contributed by atoms with E-state index in [1.807, 2.05) is 25.1 Å². The summed E-state index contributed by atoms with van der Waals surface area (Å²) >= 11 is 0. The summed E-state index contributed by atoms with van der Waals surface area (Å²) in [5, 5.41) is 0. The molecule has 0 atom stereocenters. The second-order valence-electron chi connectivity index (χ2n) is 2.85. The topological polar surface area (TPSA) is 17.1 Å². The van der Waals surface area contributed by atoms with E-state index in [0.29, 0.717) is 0 Å². The number of aryl methyl sites for hydroxylation is 1. The molecule has 1 heteroatoms. The van der Waals surface area contributed by atoms with E-state index in [1.165, 1.54) is 0 Å². The Kier molecular flexibility index (Phi) is 2.44. The number of carbonyl (C=O) groups excluding carboxylic acids is 1. The second kappa shape index (κ2) is 3.35. The van der Waals surface area contributed by atoms with Crippen LogP contribution in [0.2, 0.25) is 0 Å². The molecule has 0 fully saturated rings. The maximum absolute atomic E-state index is 11.1. The molecular weight excluding hydrogens is 148 g/mol. The van der Waals surface area contributed by atoms with Gasteiger partial charge in [0, 0.05) is 5.56 Å². The number of Topliss-reactive ketones (excluding diaryl/α,β-unsaturated/α-hetero) is 1. The number of hydrogen-bond donors (Lipinski definition) is 0. The van der Waals surface area contributed by atoms with Crippen molar-refractivity contribution in [3.8, 4) is 0 Å². The first kappa shape index (κ1) is 8.72. The minimum atomic E-state index is 0.0913. The van der Waals surface area contributed by atoms with Crippen LogP contribution in [0.3, 0.4) is 0 Å². The zero-order chi connectivity index (χ0) is 9.14. The predicted octanol–water partition coefficient (Wildman–Crippen LogP) is 2.84. The zero-order valence-corrected chi connectivity index (χ0v) is 7.42. The Morgan fingerprint density at radius 2 is 2.17 bits per heavy atom. The smallest absolute Gasteiger partial charge is 0.160 e. The summed E-state index contributed by atoms with van der Waals surface area (Å²) < 4.78 is 0. The third kappa shape index (κ3) is 1.62. The van der Waals surface area contributed by atoms with Crippen LogP contribution in [0.25, 0.3) is 6.08 Å². The van der Waals surface area contributed by atoms with Crippen LogP contribution in [0.5, 0.6) is 0 Å². The number of ketones is 1. The number of benzene rings is 1. The van der Waals surface area contributed by atoms with Crippen LogP contribution in [-0.2, 0) is 0 Å². The molecule has 1 rings (SSSR count). The minimum absolute atomic E-state index is 0.0913. The van der Waals surface area contributed by atoms with Crippen molar-refractivity contribution in [2.24, 2.45) is 0 Å². The standard InChI is InChI=1S/C11H12O/c1-4-10-6-5-8(2)7-11(10)9(3)12/h4-7H,1H2,2-3H3. The lowest BCUT2D eigenvalue weighted by molar-refractivity contribution is 0.101. The minimum Gasteiger partial charge on any atom is -0.294 e. The highest BCUT2D eigenvalue weighted by molar-refractivity contribution is 5.97. The van der Waals surface area contributed by atoms with E-state index >= 15 is 0 Å². The van der Waals surface area contributed by atoms with Gasteiger partial charge in [-0.25, -0.2) is 0 Å². The van der Waals surface area contributed by atoms with Crippen molar-refractivity contribution in [1.29, 1.82) is 0 Å². The summed E-state index contributed by atoms with van der Waals surface area (Å²) in [5.41, 5.74) is 2.77. The number of rotatable bonds is 2. The highest BCUT2D eigenvalue weighted by Crippen LogP contribution is 2.13. The Bertz CT molecular complexity index is 324. The summed E-state index contributed by atoms with van der Waals surface area (Å²) in [6.45, 7) is 7.19. The normalized spacial score (nSPS) is 9.50. The van der Waals surface area contributed by atoms with Crippen molar-refractivity contribution in [3.63, 3.8) is 0 Å². The van der Waals surface area contributed by atoms with Crippen LogP contribution >= 0.6 is 0 Å². The highest BCUT2D eigenvalue weighted by Gasteiger charge is 2.03. The van der Waals surface area contributed by atoms with E-state index in [-0.39, 0.29) is 5.78 Å². The van der Waals surface area contributed by atoms with Crippen molar-refractivity contribution in [2.45, 2.75) is 13.8 Å². The van der Waals surface area contributed by atoms with Gasteiger partial charge in [0.05, 0.1) is 0 Å². The van der Waals surface area contributed by atoms with E-state index in [2.05, 4.69) is 6.58 Å². The molecule has 0 heterocycles. The summed E-state index contributed by atoms with van der Waals surface area (Å²) in [6.07, 6.45) is 1.70. The van der Waals surface area contributed by atoms with Gasteiger partial charge in [-0.05, 0) is 25.5 Å². The first-order valence-electron chi connectivity index (χ1n) is 3.89. The van der Waals surface area contributed by atoms with Crippen molar-refractivity contribution < 1.29 is 4.79 Å². The van der Waals surface area contributed by atoms with Crippen LogP contribution < -0.4 is 0 Å². The number of hydrogen-bond acceptors (Lipinski definition) is 1. The van der Waals surface area contributed by atoms with Gasteiger partial charge in [-0.15, -0.1) is 0 Å². The molecule has 0 unspecified atom stereocenters. The highest BCUT2D eigenvalue weighted by atomic mass is 16.1. The monoisotopic (exact) mass is 160 g/mol. The molecule has 0 aromatic heterocycles. The van der Waals surface area contributed by atoms with E-state index in [4.69, 9.17) is 0 Å². The lowest BCUT2D eigenvalue weighted by atomic mass is 10.0. The predicted molar refractivity (Wildman–Crippen MR) is 51.3 cm³/mol. The van der Waals surface area contributed by atoms with Crippen molar-refractivity contribution in [2.75, 3.05) is 0 Å². The first-order chi connectivity index (χ1) is 5.65. The summed E-state index contributed by atoms with van der Waals surface area (Å²) in [7, 11) is 0. The Hall–Kier alpha value is -1.37. The van der Waals surface area contributed by atoms with Gasteiger partial charge in [0.15, 0.2) is 5.78 Å². The SMILES string of the molecule is C=Cc1ccc(C)cc1C(C)=O. The Morgan fingerprint density at radius 1 is 1.50 bits per heavy atom. The van der Waals surface area contributed by atoms with Crippen molar-refractivity contribution in [1.82, 2.24) is 0 Å². The van der Waals surface area contributed by atoms with Gasteiger partial charge in [-0.1, -0.05) is 30.4 Å². The molecule has 0 bridgehead atoms. The third-order valence-corrected chi connectivity index (χ3v) is 1.81. The van der Waals surface area contributed by atoms with Gasteiger partial charge in [0.2, 0.25) is 0 Å². The number of carbonyl (C=O) groups is 1. The van der Waals surface area contributed by atoms with Gasteiger partial charge < -0.3 is 0 Å². The van der Waals surface area contributed by atoms with Gasteiger partial charge in [0.1, 0.15) is 0 Å². The molecule has 0 saturated heterocycles. The maximum atomic E-state index is 11.1. The quantitative estimate of drug-likeness (QED) is 0.608. The van der Waals surface area contributed by atoms with E-state index in [0.717, 1.165) is 16.7 Å². The van der Waals surface area contributed by atoms with E-state index in [9.17, 15) is 4.79 Å². The second-order valence-corrected chi connectivity index (χ2v) is 2.85. The molecule has 1 nitrogen and oxygen atoms in total. The fraction of sp³-hybridized carbons (Fsp3) is 0.182. The largest absolute Gasteiger partial charge is 0.294 e. The third-order valence-electron chi connectivity index (χ3n) is 1.81. The molecule has 62 valence electrons. The van der Waals surface area contributed by atoms with Crippen molar-refractivity contribution in [3.05, 3.63) is 41.5 Å². The summed E-state index contributed by atoms with van der Waals surface area (Å²) in [4.78, 5) is 11.1. The lowest BCUT2D eigenvalue weighted by Gasteiger charge is -2.02. The molecular formula is C11H12O. The molecule has 12 heavy (non-hydrogen) atoms. The molecule has 1 aromatic carbocycles. The van der Waals surface area contributed by atoms with Gasteiger partial charge in [0.25, 0.3) is 0 Å². The van der Waals surface area contributed by atoms with Crippen LogP contribution in [0, 0.1) is 6.92 Å².